The fourth-order valence-electron chi connectivity index (χ4n) is 3.85. The van der Waals surface area contributed by atoms with Crippen molar-refractivity contribution in [3.63, 3.8) is 0 Å². The van der Waals surface area contributed by atoms with E-state index in [1.165, 1.54) is 23.1 Å². The molecule has 0 saturated carbocycles. The third kappa shape index (κ3) is 3.45. The second kappa shape index (κ2) is 6.98. The third-order valence-corrected chi connectivity index (χ3v) is 5.15. The number of benzene rings is 1. The average molecular weight is 340 g/mol. The minimum atomic E-state index is 0.0610. The van der Waals surface area contributed by atoms with Gasteiger partial charge in [0, 0.05) is 37.3 Å². The van der Waals surface area contributed by atoms with Gasteiger partial charge in [-0.25, -0.2) is 0 Å². The van der Waals surface area contributed by atoms with Crippen molar-refractivity contribution >= 4 is 11.6 Å². The quantitative estimate of drug-likeness (QED) is 0.840. The van der Waals surface area contributed by atoms with E-state index in [1.54, 1.807) is 0 Å². The summed E-state index contributed by atoms with van der Waals surface area (Å²) in [5.74, 6) is 0.0610. The number of aryl methyl sites for hydroxylation is 2. The number of aliphatic hydroxyl groups excluding tert-OH is 1. The number of hydrogen-bond acceptors (Lipinski definition) is 4. The third-order valence-electron chi connectivity index (χ3n) is 5.15. The zero-order chi connectivity index (χ0) is 17.2. The van der Waals surface area contributed by atoms with Crippen LogP contribution in [0.2, 0.25) is 0 Å². The standard InChI is InChI=1S/C19H24N4O2/c24-9-8-23-18-13-22(12-16(18)11-20-23)7-6-19(25)21-17-5-4-14-2-1-3-15(14)10-17/h4-5,10-11,24H,1-3,6-9,12-13H2,(H,21,25). The summed E-state index contributed by atoms with van der Waals surface area (Å²) in [5, 5.41) is 16.4. The molecular formula is C19H24N4O2. The summed E-state index contributed by atoms with van der Waals surface area (Å²) >= 11 is 0. The summed E-state index contributed by atoms with van der Waals surface area (Å²) in [4.78, 5) is 14.5. The molecule has 0 bridgehead atoms. The van der Waals surface area contributed by atoms with E-state index >= 15 is 0 Å². The lowest BCUT2D eigenvalue weighted by atomic mass is 10.1. The Bertz CT molecular complexity index is 784. The topological polar surface area (TPSA) is 70.4 Å². The van der Waals surface area contributed by atoms with E-state index in [2.05, 4.69) is 27.4 Å². The van der Waals surface area contributed by atoms with Crippen molar-refractivity contribution < 1.29 is 9.90 Å². The van der Waals surface area contributed by atoms with Gasteiger partial charge >= 0.3 is 0 Å². The zero-order valence-electron chi connectivity index (χ0n) is 14.4. The molecule has 1 amide bonds. The number of anilines is 1. The van der Waals surface area contributed by atoms with Gasteiger partial charge in [-0.1, -0.05) is 6.07 Å². The Kier molecular flexibility index (Phi) is 4.55. The number of rotatable bonds is 6. The molecule has 1 aliphatic carbocycles. The number of nitrogens with zero attached hydrogens (tertiary/aromatic N) is 3. The Balaban J connectivity index is 1.28. The molecule has 1 aromatic heterocycles. The molecule has 0 radical (unpaired) electrons. The molecule has 2 N–H and O–H groups in total. The number of hydrogen-bond donors (Lipinski definition) is 2. The van der Waals surface area contributed by atoms with Crippen molar-refractivity contribution in [2.75, 3.05) is 18.5 Å². The lowest BCUT2D eigenvalue weighted by molar-refractivity contribution is -0.116. The Labute approximate surface area is 147 Å². The van der Waals surface area contributed by atoms with Crippen molar-refractivity contribution in [2.45, 2.75) is 45.3 Å². The van der Waals surface area contributed by atoms with Gasteiger partial charge in [0.2, 0.25) is 5.91 Å². The number of aliphatic hydroxyl groups is 1. The Morgan fingerprint density at radius 3 is 2.92 bits per heavy atom. The van der Waals surface area contributed by atoms with E-state index in [0.717, 1.165) is 43.9 Å². The average Bonchev–Trinajstić information content (AvgIpc) is 3.29. The first-order chi connectivity index (χ1) is 12.2. The molecule has 1 aromatic carbocycles. The van der Waals surface area contributed by atoms with Crippen molar-refractivity contribution in [1.82, 2.24) is 14.7 Å². The van der Waals surface area contributed by atoms with Gasteiger partial charge in [-0.2, -0.15) is 5.10 Å². The molecule has 6 nitrogen and oxygen atoms in total. The predicted molar refractivity (Wildman–Crippen MR) is 95.1 cm³/mol. The van der Waals surface area contributed by atoms with Crippen LogP contribution in [0.25, 0.3) is 0 Å². The lowest BCUT2D eigenvalue weighted by Crippen LogP contribution is -2.24. The number of nitrogens with one attached hydrogen (secondary N) is 1. The summed E-state index contributed by atoms with van der Waals surface area (Å²) < 4.78 is 1.86. The number of carbonyl (C=O) groups excluding carboxylic acids is 1. The van der Waals surface area contributed by atoms with Gasteiger partial charge in [-0.3, -0.25) is 14.4 Å². The highest BCUT2D eigenvalue weighted by atomic mass is 16.3. The molecular weight excluding hydrogens is 316 g/mol. The molecule has 2 heterocycles. The Hall–Kier alpha value is -2.18. The highest BCUT2D eigenvalue weighted by molar-refractivity contribution is 5.91. The Morgan fingerprint density at radius 1 is 1.16 bits per heavy atom. The molecule has 4 rings (SSSR count). The van der Waals surface area contributed by atoms with Crippen molar-refractivity contribution in [2.24, 2.45) is 0 Å². The van der Waals surface area contributed by atoms with E-state index in [-0.39, 0.29) is 12.5 Å². The van der Waals surface area contributed by atoms with E-state index in [9.17, 15) is 4.79 Å². The van der Waals surface area contributed by atoms with Gasteiger partial charge in [0.05, 0.1) is 25.0 Å². The van der Waals surface area contributed by atoms with Crippen molar-refractivity contribution in [3.05, 3.63) is 46.8 Å². The number of carbonyl (C=O) groups is 1. The van der Waals surface area contributed by atoms with E-state index in [4.69, 9.17) is 5.11 Å². The van der Waals surface area contributed by atoms with Crippen LogP contribution in [-0.2, 0) is 37.3 Å². The van der Waals surface area contributed by atoms with Gasteiger partial charge in [-0.15, -0.1) is 0 Å². The van der Waals surface area contributed by atoms with Crippen molar-refractivity contribution in [1.29, 1.82) is 0 Å². The second-order valence-corrected chi connectivity index (χ2v) is 6.91. The van der Waals surface area contributed by atoms with Crippen molar-refractivity contribution in [3.8, 4) is 0 Å². The van der Waals surface area contributed by atoms with Gasteiger partial charge in [0.15, 0.2) is 0 Å². The molecule has 0 spiro atoms. The largest absolute Gasteiger partial charge is 0.394 e. The van der Waals surface area contributed by atoms with Gasteiger partial charge in [-0.05, 0) is 42.5 Å². The van der Waals surface area contributed by atoms with Gasteiger partial charge in [0.1, 0.15) is 0 Å². The van der Waals surface area contributed by atoms with Crippen LogP contribution in [0.1, 0.15) is 35.2 Å². The molecule has 2 aliphatic rings. The highest BCUT2D eigenvalue weighted by Crippen LogP contribution is 2.25. The minimum absolute atomic E-state index is 0.0610. The normalized spacial score (nSPS) is 16.0. The first-order valence-electron chi connectivity index (χ1n) is 9.01. The fraction of sp³-hybridized carbons (Fsp3) is 0.474. The van der Waals surface area contributed by atoms with Crippen LogP contribution in [-0.4, -0.2) is 38.8 Å². The highest BCUT2D eigenvalue weighted by Gasteiger charge is 2.23. The monoisotopic (exact) mass is 340 g/mol. The molecule has 6 heteroatoms. The molecule has 132 valence electrons. The minimum Gasteiger partial charge on any atom is -0.394 e. The summed E-state index contributed by atoms with van der Waals surface area (Å²) in [6.07, 6.45) is 5.85. The smallest absolute Gasteiger partial charge is 0.225 e. The fourth-order valence-corrected chi connectivity index (χ4v) is 3.85. The summed E-state index contributed by atoms with van der Waals surface area (Å²) in [5.41, 5.74) is 6.07. The van der Waals surface area contributed by atoms with Crippen LogP contribution >= 0.6 is 0 Å². The first-order valence-corrected chi connectivity index (χ1v) is 9.01. The first kappa shape index (κ1) is 16.3. The molecule has 0 fully saturated rings. The Morgan fingerprint density at radius 2 is 2.04 bits per heavy atom. The molecule has 2 aromatic rings. The second-order valence-electron chi connectivity index (χ2n) is 6.91. The lowest BCUT2D eigenvalue weighted by Gasteiger charge is -2.15. The number of amides is 1. The van der Waals surface area contributed by atoms with Crippen LogP contribution in [0.5, 0.6) is 0 Å². The van der Waals surface area contributed by atoms with Crippen LogP contribution < -0.4 is 5.32 Å². The number of aromatic nitrogens is 2. The van der Waals surface area contributed by atoms with Crippen LogP contribution in [0.4, 0.5) is 5.69 Å². The van der Waals surface area contributed by atoms with E-state index in [0.29, 0.717) is 13.0 Å². The van der Waals surface area contributed by atoms with E-state index < -0.39 is 0 Å². The SMILES string of the molecule is O=C(CCN1Cc2cnn(CCO)c2C1)Nc1ccc2c(c1)CCC2. The van der Waals surface area contributed by atoms with Gasteiger partial charge in [0.25, 0.3) is 0 Å². The van der Waals surface area contributed by atoms with E-state index in [1.807, 2.05) is 16.9 Å². The van der Waals surface area contributed by atoms with Gasteiger partial charge < -0.3 is 10.4 Å². The molecule has 0 unspecified atom stereocenters. The summed E-state index contributed by atoms with van der Waals surface area (Å²) in [6, 6.07) is 6.27. The summed E-state index contributed by atoms with van der Waals surface area (Å²) in [7, 11) is 0. The number of fused-ring (bicyclic) bond motifs is 2. The molecule has 0 saturated heterocycles. The predicted octanol–water partition coefficient (Wildman–Crippen LogP) is 1.71. The maximum absolute atomic E-state index is 12.3. The van der Waals surface area contributed by atoms with Crippen LogP contribution in [0, 0.1) is 0 Å². The molecule has 1 aliphatic heterocycles. The maximum atomic E-state index is 12.3. The molecule has 0 atom stereocenters. The molecule has 25 heavy (non-hydrogen) atoms. The summed E-state index contributed by atoms with van der Waals surface area (Å²) in [6.45, 7) is 2.97. The van der Waals surface area contributed by atoms with Crippen LogP contribution in [0.3, 0.4) is 0 Å². The van der Waals surface area contributed by atoms with Crippen LogP contribution in [0.15, 0.2) is 24.4 Å². The zero-order valence-corrected chi connectivity index (χ0v) is 14.4. The maximum Gasteiger partial charge on any atom is 0.225 e.